The van der Waals surface area contributed by atoms with Crippen LogP contribution in [0.4, 0.5) is 0 Å². The van der Waals surface area contributed by atoms with Gasteiger partial charge in [0, 0.05) is 52.2 Å². The number of rotatable bonds is 5. The summed E-state index contributed by atoms with van der Waals surface area (Å²) in [6, 6.07) is 0. The van der Waals surface area contributed by atoms with Gasteiger partial charge < -0.3 is 15.2 Å². The van der Waals surface area contributed by atoms with Gasteiger partial charge in [-0.2, -0.15) is 0 Å². The Labute approximate surface area is 148 Å². The molecule has 0 aromatic carbocycles. The van der Waals surface area contributed by atoms with E-state index in [1.807, 2.05) is 33.8 Å². The van der Waals surface area contributed by atoms with Gasteiger partial charge in [-0.25, -0.2) is 4.98 Å². The number of imidazole rings is 1. The first-order chi connectivity index (χ1) is 12.0. The van der Waals surface area contributed by atoms with Crippen molar-refractivity contribution in [3.05, 3.63) is 18.2 Å². The van der Waals surface area contributed by atoms with E-state index in [4.69, 9.17) is 5.73 Å². The summed E-state index contributed by atoms with van der Waals surface area (Å²) in [6.45, 7) is 5.83. The van der Waals surface area contributed by atoms with Crippen molar-refractivity contribution in [3.63, 3.8) is 0 Å². The van der Waals surface area contributed by atoms with Gasteiger partial charge in [0.1, 0.15) is 5.82 Å². The van der Waals surface area contributed by atoms with E-state index >= 15 is 0 Å². The molecule has 2 fully saturated rings. The molecule has 2 aliphatic rings. The lowest BCUT2D eigenvalue weighted by Gasteiger charge is -2.38. The highest BCUT2D eigenvalue weighted by atomic mass is 16.2. The predicted octanol–water partition coefficient (Wildman–Crippen LogP) is -0.738. The number of aryl methyl sites for hydroxylation is 1. The minimum absolute atomic E-state index is 0.00538. The number of carbonyl (C=O) groups excluding carboxylic acids is 2. The van der Waals surface area contributed by atoms with E-state index in [9.17, 15) is 9.59 Å². The Balaban J connectivity index is 1.48. The first-order valence-electron chi connectivity index (χ1n) is 9.01. The van der Waals surface area contributed by atoms with Crippen LogP contribution in [0.25, 0.3) is 0 Å². The molecule has 0 bridgehead atoms. The van der Waals surface area contributed by atoms with Crippen LogP contribution in [0.15, 0.2) is 12.4 Å². The fourth-order valence-electron chi connectivity index (χ4n) is 3.75. The molecule has 2 N–H and O–H groups in total. The van der Waals surface area contributed by atoms with Gasteiger partial charge in [0.15, 0.2) is 0 Å². The molecule has 8 heteroatoms. The molecule has 8 nitrogen and oxygen atoms in total. The van der Waals surface area contributed by atoms with Crippen LogP contribution < -0.4 is 5.73 Å². The lowest BCUT2D eigenvalue weighted by molar-refractivity contribution is -0.139. The summed E-state index contributed by atoms with van der Waals surface area (Å²) in [5.74, 6) is 0.949. The fourth-order valence-corrected chi connectivity index (χ4v) is 3.75. The molecule has 25 heavy (non-hydrogen) atoms. The monoisotopic (exact) mass is 348 g/mol. The number of nitrogens with two attached hydrogens (primary N) is 1. The van der Waals surface area contributed by atoms with Gasteiger partial charge in [0.25, 0.3) is 0 Å². The highest BCUT2D eigenvalue weighted by Crippen LogP contribution is 2.20. The first kappa shape index (κ1) is 17.9. The summed E-state index contributed by atoms with van der Waals surface area (Å²) < 4.78 is 2.03. The lowest BCUT2D eigenvalue weighted by Crippen LogP contribution is -2.52. The third-order valence-corrected chi connectivity index (χ3v) is 5.20. The Kier molecular flexibility index (Phi) is 5.70. The van der Waals surface area contributed by atoms with E-state index in [1.165, 1.54) is 0 Å². The lowest BCUT2D eigenvalue weighted by atomic mass is 9.96. The minimum atomic E-state index is -0.323. The van der Waals surface area contributed by atoms with Crippen molar-refractivity contribution in [2.45, 2.75) is 19.4 Å². The van der Waals surface area contributed by atoms with Crippen molar-refractivity contribution in [2.75, 3.05) is 45.8 Å². The number of amides is 2. The van der Waals surface area contributed by atoms with Crippen molar-refractivity contribution in [2.24, 2.45) is 18.7 Å². The zero-order valence-corrected chi connectivity index (χ0v) is 14.9. The summed E-state index contributed by atoms with van der Waals surface area (Å²) >= 11 is 0. The number of likely N-dealkylation sites (tertiary alicyclic amines) is 1. The molecule has 1 aromatic heterocycles. The Hall–Kier alpha value is -1.93. The molecule has 0 radical (unpaired) electrons. The Morgan fingerprint density at radius 1 is 1.20 bits per heavy atom. The van der Waals surface area contributed by atoms with Crippen molar-refractivity contribution in [1.82, 2.24) is 24.3 Å². The second-order valence-electron chi connectivity index (χ2n) is 7.10. The highest BCUT2D eigenvalue weighted by Gasteiger charge is 2.31. The summed E-state index contributed by atoms with van der Waals surface area (Å²) in [7, 11) is 2.00. The molecule has 0 aliphatic carbocycles. The molecule has 0 saturated carbocycles. The summed E-state index contributed by atoms with van der Waals surface area (Å²) in [5, 5.41) is 0. The topological polar surface area (TPSA) is 87.7 Å². The number of hydrogen-bond donors (Lipinski definition) is 1. The van der Waals surface area contributed by atoms with Crippen molar-refractivity contribution >= 4 is 11.8 Å². The molecule has 3 rings (SSSR count). The number of piperidine rings is 1. The van der Waals surface area contributed by atoms with Gasteiger partial charge in [-0.3, -0.25) is 19.4 Å². The normalized spacial score (nSPS) is 22.9. The van der Waals surface area contributed by atoms with Gasteiger partial charge in [0.2, 0.25) is 11.8 Å². The summed E-state index contributed by atoms with van der Waals surface area (Å²) in [6.07, 6.45) is 5.62. The van der Waals surface area contributed by atoms with E-state index in [2.05, 4.69) is 9.88 Å². The summed E-state index contributed by atoms with van der Waals surface area (Å²) in [4.78, 5) is 34.6. The van der Waals surface area contributed by atoms with E-state index in [0.717, 1.165) is 57.9 Å². The Bertz CT molecular complexity index is 608. The number of piperazine rings is 1. The fraction of sp³-hybridized carbons (Fsp3) is 0.706. The van der Waals surface area contributed by atoms with Crippen LogP contribution in [-0.2, 0) is 23.2 Å². The van der Waals surface area contributed by atoms with Gasteiger partial charge in [0.05, 0.1) is 19.0 Å². The number of primary amides is 1. The zero-order valence-electron chi connectivity index (χ0n) is 14.9. The molecular weight excluding hydrogens is 320 g/mol. The zero-order chi connectivity index (χ0) is 17.8. The molecule has 0 spiro atoms. The van der Waals surface area contributed by atoms with Crippen LogP contribution >= 0.6 is 0 Å². The van der Waals surface area contributed by atoms with E-state index < -0.39 is 0 Å². The average molecular weight is 348 g/mol. The molecule has 2 aliphatic heterocycles. The molecular formula is C17H28N6O2. The van der Waals surface area contributed by atoms with Crippen LogP contribution in [0.3, 0.4) is 0 Å². The molecule has 3 heterocycles. The molecule has 1 atom stereocenters. The average Bonchev–Trinajstić information content (AvgIpc) is 2.99. The largest absolute Gasteiger partial charge is 0.369 e. The van der Waals surface area contributed by atoms with Crippen LogP contribution in [0.2, 0.25) is 0 Å². The second kappa shape index (κ2) is 7.97. The summed E-state index contributed by atoms with van der Waals surface area (Å²) in [5.41, 5.74) is 5.28. The van der Waals surface area contributed by atoms with Crippen molar-refractivity contribution < 1.29 is 9.59 Å². The Morgan fingerprint density at radius 2 is 1.96 bits per heavy atom. The third kappa shape index (κ3) is 4.58. The number of aromatic nitrogens is 2. The van der Waals surface area contributed by atoms with Gasteiger partial charge in [-0.1, -0.05) is 0 Å². The van der Waals surface area contributed by atoms with Crippen LogP contribution in [-0.4, -0.2) is 81.9 Å². The standard InChI is InChI=1S/C17H28N6O2/c1-20-6-4-19-16(20)13-21-7-9-23(10-8-21)17(25)14-3-2-5-22(11-14)12-15(18)24/h4,6,14H,2-3,5,7-13H2,1H3,(H2,18,24)/t14-/m0/s1. The Morgan fingerprint density at radius 3 is 2.60 bits per heavy atom. The van der Waals surface area contributed by atoms with Gasteiger partial charge in [-0.05, 0) is 19.4 Å². The van der Waals surface area contributed by atoms with Gasteiger partial charge in [-0.15, -0.1) is 0 Å². The smallest absolute Gasteiger partial charge is 0.231 e. The maximum atomic E-state index is 12.8. The SMILES string of the molecule is Cn1ccnc1CN1CCN(C(=O)[C@H]2CCCN(CC(N)=O)C2)CC1. The van der Waals surface area contributed by atoms with E-state index in [0.29, 0.717) is 6.54 Å². The molecule has 2 amide bonds. The van der Waals surface area contributed by atoms with Crippen molar-refractivity contribution in [1.29, 1.82) is 0 Å². The van der Waals surface area contributed by atoms with Gasteiger partial charge >= 0.3 is 0 Å². The quantitative estimate of drug-likeness (QED) is 0.757. The maximum Gasteiger partial charge on any atom is 0.231 e. The van der Waals surface area contributed by atoms with E-state index in [-0.39, 0.29) is 24.3 Å². The second-order valence-corrected chi connectivity index (χ2v) is 7.10. The maximum absolute atomic E-state index is 12.8. The first-order valence-corrected chi connectivity index (χ1v) is 9.01. The molecule has 2 saturated heterocycles. The molecule has 1 aromatic rings. The highest BCUT2D eigenvalue weighted by molar-refractivity contribution is 5.80. The van der Waals surface area contributed by atoms with Crippen LogP contribution in [0, 0.1) is 5.92 Å². The number of carbonyl (C=O) groups is 2. The number of nitrogens with zero attached hydrogens (tertiary/aromatic N) is 5. The van der Waals surface area contributed by atoms with E-state index in [1.54, 1.807) is 0 Å². The predicted molar refractivity (Wildman–Crippen MR) is 93.4 cm³/mol. The van der Waals surface area contributed by atoms with Crippen LogP contribution in [0.5, 0.6) is 0 Å². The minimum Gasteiger partial charge on any atom is -0.369 e. The molecule has 0 unspecified atom stereocenters. The number of hydrogen-bond acceptors (Lipinski definition) is 5. The van der Waals surface area contributed by atoms with Crippen LogP contribution in [0.1, 0.15) is 18.7 Å². The molecule has 138 valence electrons. The third-order valence-electron chi connectivity index (χ3n) is 5.20. The van der Waals surface area contributed by atoms with Crippen molar-refractivity contribution in [3.8, 4) is 0 Å².